The van der Waals surface area contributed by atoms with Gasteiger partial charge in [-0.05, 0) is 25.0 Å². The molecule has 0 fully saturated rings. The van der Waals surface area contributed by atoms with Crippen molar-refractivity contribution in [3.8, 4) is 11.5 Å². The van der Waals surface area contributed by atoms with Crippen LogP contribution < -0.4 is 9.47 Å². The topological polar surface area (TPSA) is 105 Å². The SMILES string of the molecule is Cc1c(/C=C/[N+](=O)[O-])c([N+](=O)[O-])c(C)c(OCc2ccccc2)c1OCc1ccccc1. The number of rotatable bonds is 9. The lowest BCUT2D eigenvalue weighted by Gasteiger charge is -2.19. The van der Waals surface area contributed by atoms with E-state index in [2.05, 4.69) is 0 Å². The Morgan fingerprint density at radius 2 is 1.25 bits per heavy atom. The molecule has 0 aromatic heterocycles. The van der Waals surface area contributed by atoms with E-state index in [0.717, 1.165) is 17.2 Å². The Bertz CT molecular complexity index is 1140. The maximum absolute atomic E-state index is 11.9. The lowest BCUT2D eigenvalue weighted by molar-refractivity contribution is -0.401. The average molecular weight is 434 g/mol. The third-order valence-electron chi connectivity index (χ3n) is 4.90. The van der Waals surface area contributed by atoms with Gasteiger partial charge in [-0.25, -0.2) is 0 Å². The van der Waals surface area contributed by atoms with Crippen LogP contribution in [0.5, 0.6) is 11.5 Å². The van der Waals surface area contributed by atoms with Gasteiger partial charge in [-0.1, -0.05) is 60.7 Å². The number of nitro groups is 2. The zero-order valence-corrected chi connectivity index (χ0v) is 17.7. The van der Waals surface area contributed by atoms with Crippen LogP contribution in [0.1, 0.15) is 27.8 Å². The standard InChI is InChI=1S/C24H22N2O6/c1-17-21(13-14-25(27)28)22(26(29)30)18(2)24(32-16-20-11-7-4-8-12-20)23(17)31-15-19-9-5-3-6-10-19/h3-14H,15-16H2,1-2H3/b14-13+. The molecule has 0 saturated carbocycles. The molecule has 0 unspecified atom stereocenters. The maximum atomic E-state index is 11.9. The van der Waals surface area contributed by atoms with Crippen molar-refractivity contribution in [2.45, 2.75) is 27.1 Å². The first kappa shape index (κ1) is 22.5. The lowest BCUT2D eigenvalue weighted by atomic mass is 9.99. The van der Waals surface area contributed by atoms with Gasteiger partial charge in [0.15, 0.2) is 11.5 Å². The summed E-state index contributed by atoms with van der Waals surface area (Å²) in [6, 6.07) is 18.8. The summed E-state index contributed by atoms with van der Waals surface area (Å²) in [5.41, 5.74) is 2.27. The molecule has 0 aliphatic rings. The fraction of sp³-hybridized carbons (Fsp3) is 0.167. The molecule has 0 atom stereocenters. The van der Waals surface area contributed by atoms with Crippen molar-refractivity contribution in [3.63, 3.8) is 0 Å². The summed E-state index contributed by atoms with van der Waals surface area (Å²) in [5, 5.41) is 22.7. The first-order chi connectivity index (χ1) is 15.4. The summed E-state index contributed by atoms with van der Waals surface area (Å²) in [6.45, 7) is 3.57. The Morgan fingerprint density at radius 3 is 1.69 bits per heavy atom. The molecule has 0 heterocycles. The predicted octanol–water partition coefficient (Wildman–Crippen LogP) is 5.62. The minimum Gasteiger partial charge on any atom is -0.485 e. The Hall–Kier alpha value is -4.20. The van der Waals surface area contributed by atoms with Crippen molar-refractivity contribution in [2.24, 2.45) is 0 Å². The van der Waals surface area contributed by atoms with Crippen molar-refractivity contribution >= 4 is 11.8 Å². The first-order valence-corrected chi connectivity index (χ1v) is 9.85. The quantitative estimate of drug-likeness (QED) is 0.320. The Balaban J connectivity index is 2.10. The second kappa shape index (κ2) is 10.2. The summed E-state index contributed by atoms with van der Waals surface area (Å²) in [5.74, 6) is 0.558. The molecule has 8 nitrogen and oxygen atoms in total. The minimum absolute atomic E-state index is 0.110. The highest BCUT2D eigenvalue weighted by Gasteiger charge is 2.28. The van der Waals surface area contributed by atoms with Crippen LogP contribution in [0.4, 0.5) is 5.69 Å². The molecule has 8 heteroatoms. The van der Waals surface area contributed by atoms with Gasteiger partial charge in [0.25, 0.3) is 5.69 Å². The highest BCUT2D eigenvalue weighted by atomic mass is 16.6. The van der Waals surface area contributed by atoms with Crippen LogP contribution in [0.3, 0.4) is 0 Å². The van der Waals surface area contributed by atoms with Crippen molar-refractivity contribution in [1.82, 2.24) is 0 Å². The van der Waals surface area contributed by atoms with Crippen molar-refractivity contribution in [3.05, 3.63) is 115 Å². The van der Waals surface area contributed by atoms with Crippen LogP contribution in [-0.4, -0.2) is 9.85 Å². The monoisotopic (exact) mass is 434 g/mol. The highest BCUT2D eigenvalue weighted by molar-refractivity contribution is 5.74. The molecular weight excluding hydrogens is 412 g/mol. The largest absolute Gasteiger partial charge is 0.485 e. The van der Waals surface area contributed by atoms with Gasteiger partial charge >= 0.3 is 0 Å². The van der Waals surface area contributed by atoms with E-state index in [0.29, 0.717) is 17.5 Å². The number of benzene rings is 3. The number of nitrogens with zero attached hydrogens (tertiary/aromatic N) is 2. The van der Waals surface area contributed by atoms with E-state index < -0.39 is 9.85 Å². The number of nitro benzene ring substituents is 1. The third kappa shape index (κ3) is 5.28. The van der Waals surface area contributed by atoms with E-state index in [9.17, 15) is 20.2 Å². The lowest BCUT2D eigenvalue weighted by Crippen LogP contribution is -2.08. The van der Waals surface area contributed by atoms with Crippen molar-refractivity contribution < 1.29 is 19.3 Å². The summed E-state index contributed by atoms with van der Waals surface area (Å²) < 4.78 is 12.1. The molecule has 0 spiro atoms. The summed E-state index contributed by atoms with van der Waals surface area (Å²) >= 11 is 0. The van der Waals surface area contributed by atoms with Gasteiger partial charge in [-0.2, -0.15) is 0 Å². The van der Waals surface area contributed by atoms with Gasteiger partial charge < -0.3 is 9.47 Å². The van der Waals surface area contributed by atoms with Gasteiger partial charge in [0.1, 0.15) is 13.2 Å². The Kier molecular flexibility index (Phi) is 7.17. The average Bonchev–Trinajstić information content (AvgIpc) is 2.78. The predicted molar refractivity (Wildman–Crippen MR) is 120 cm³/mol. The summed E-state index contributed by atoms with van der Waals surface area (Å²) in [7, 11) is 0. The summed E-state index contributed by atoms with van der Waals surface area (Å²) in [4.78, 5) is 21.5. The molecule has 3 aromatic rings. The molecule has 3 aromatic carbocycles. The molecule has 164 valence electrons. The van der Waals surface area contributed by atoms with Crippen LogP contribution in [-0.2, 0) is 13.2 Å². The molecule has 3 rings (SSSR count). The first-order valence-electron chi connectivity index (χ1n) is 9.85. The zero-order valence-electron chi connectivity index (χ0n) is 17.7. The molecule has 0 saturated heterocycles. The molecule has 0 aliphatic heterocycles. The highest BCUT2D eigenvalue weighted by Crippen LogP contribution is 2.44. The normalized spacial score (nSPS) is 10.8. The number of ether oxygens (including phenoxy) is 2. The van der Waals surface area contributed by atoms with Crippen LogP contribution in [0.25, 0.3) is 6.08 Å². The van der Waals surface area contributed by atoms with E-state index in [1.54, 1.807) is 13.8 Å². The fourth-order valence-corrected chi connectivity index (χ4v) is 3.33. The maximum Gasteiger partial charge on any atom is 0.283 e. The van der Waals surface area contributed by atoms with E-state index in [1.807, 2.05) is 60.7 Å². The van der Waals surface area contributed by atoms with Crippen LogP contribution in [0.2, 0.25) is 0 Å². The number of hydrogen-bond acceptors (Lipinski definition) is 6. The van der Waals surface area contributed by atoms with Gasteiger partial charge in [0.05, 0.1) is 21.0 Å². The van der Waals surface area contributed by atoms with Gasteiger partial charge in [0.2, 0.25) is 6.20 Å². The van der Waals surface area contributed by atoms with Gasteiger partial charge in [-0.3, -0.25) is 20.2 Å². The van der Waals surface area contributed by atoms with E-state index >= 15 is 0 Å². The second-order valence-electron chi connectivity index (χ2n) is 7.08. The third-order valence-corrected chi connectivity index (χ3v) is 4.90. The molecular formula is C24H22N2O6. The minimum atomic E-state index is -0.664. The molecule has 32 heavy (non-hydrogen) atoms. The van der Waals surface area contributed by atoms with E-state index in [1.165, 1.54) is 0 Å². The van der Waals surface area contributed by atoms with Crippen molar-refractivity contribution in [2.75, 3.05) is 0 Å². The molecule has 0 radical (unpaired) electrons. The Morgan fingerprint density at radius 1 is 0.781 bits per heavy atom. The molecule has 0 aliphatic carbocycles. The van der Waals surface area contributed by atoms with E-state index in [-0.39, 0.29) is 35.8 Å². The van der Waals surface area contributed by atoms with Gasteiger partial charge in [0, 0.05) is 11.6 Å². The van der Waals surface area contributed by atoms with Crippen LogP contribution in [0, 0.1) is 34.1 Å². The fourth-order valence-electron chi connectivity index (χ4n) is 3.33. The smallest absolute Gasteiger partial charge is 0.283 e. The van der Waals surface area contributed by atoms with Crippen LogP contribution in [0.15, 0.2) is 66.9 Å². The molecule has 0 amide bonds. The Labute approximate surface area is 185 Å². The van der Waals surface area contributed by atoms with Crippen molar-refractivity contribution in [1.29, 1.82) is 0 Å². The molecule has 0 bridgehead atoms. The van der Waals surface area contributed by atoms with E-state index in [4.69, 9.17) is 9.47 Å². The van der Waals surface area contributed by atoms with Crippen LogP contribution >= 0.6 is 0 Å². The number of hydrogen-bond donors (Lipinski definition) is 0. The second-order valence-corrected chi connectivity index (χ2v) is 7.08. The summed E-state index contributed by atoms with van der Waals surface area (Å²) in [6.07, 6.45) is 1.80. The molecule has 0 N–H and O–H groups in total. The van der Waals surface area contributed by atoms with Gasteiger partial charge in [-0.15, -0.1) is 0 Å². The zero-order chi connectivity index (χ0) is 23.1.